The Balaban J connectivity index is 1.30. The predicted molar refractivity (Wildman–Crippen MR) is 160 cm³/mol. The molecule has 0 atom stereocenters. The SMILES string of the molecule is CC(C)Nc1cc(Oc2ccc(NC(=O)Nc3cn(C(C)C)nc3-c3ccc4c(c3)CCN(C)C4)c(F)c2)ccn1. The molecule has 9 nitrogen and oxygen atoms in total. The molecule has 0 spiro atoms. The predicted octanol–water partition coefficient (Wildman–Crippen LogP) is 6.91. The molecule has 214 valence electrons. The van der Waals surface area contributed by atoms with Crippen molar-refractivity contribution in [2.45, 2.75) is 52.7 Å². The maximum absolute atomic E-state index is 15.0. The molecule has 0 saturated carbocycles. The molecule has 0 unspecified atom stereocenters. The van der Waals surface area contributed by atoms with E-state index in [-0.39, 0.29) is 17.8 Å². The molecule has 3 N–H and O–H groups in total. The van der Waals surface area contributed by atoms with Crippen molar-refractivity contribution in [1.29, 1.82) is 0 Å². The van der Waals surface area contributed by atoms with Crippen LogP contribution in [0.5, 0.6) is 11.5 Å². The first-order valence-corrected chi connectivity index (χ1v) is 13.8. The van der Waals surface area contributed by atoms with E-state index in [9.17, 15) is 9.18 Å². The zero-order valence-corrected chi connectivity index (χ0v) is 24.0. The number of nitrogens with one attached hydrogen (secondary N) is 3. The van der Waals surface area contributed by atoms with E-state index in [1.54, 1.807) is 30.6 Å². The van der Waals surface area contributed by atoms with Crippen molar-refractivity contribution in [3.05, 3.63) is 77.9 Å². The number of urea groups is 1. The summed E-state index contributed by atoms with van der Waals surface area (Å²) in [5.74, 6) is 0.861. The Kier molecular flexibility index (Phi) is 8.21. The third-order valence-corrected chi connectivity index (χ3v) is 6.78. The molecule has 1 aliphatic heterocycles. The fourth-order valence-electron chi connectivity index (χ4n) is 4.72. The van der Waals surface area contributed by atoms with Crippen LogP contribution in [0, 0.1) is 5.82 Å². The zero-order valence-electron chi connectivity index (χ0n) is 24.0. The lowest BCUT2D eigenvalue weighted by Crippen LogP contribution is -2.26. The fraction of sp³-hybridized carbons (Fsp3) is 0.323. The Hall–Kier alpha value is -4.44. The fourth-order valence-corrected chi connectivity index (χ4v) is 4.72. The summed E-state index contributed by atoms with van der Waals surface area (Å²) in [6.45, 7) is 9.98. The number of ether oxygens (including phenoxy) is 1. The Morgan fingerprint density at radius 1 is 0.976 bits per heavy atom. The van der Waals surface area contributed by atoms with Gasteiger partial charge in [-0.15, -0.1) is 0 Å². The van der Waals surface area contributed by atoms with Crippen LogP contribution in [0.4, 0.5) is 26.4 Å². The lowest BCUT2D eigenvalue weighted by atomic mass is 9.96. The van der Waals surface area contributed by atoms with Crippen molar-refractivity contribution in [3.8, 4) is 22.8 Å². The van der Waals surface area contributed by atoms with Crippen LogP contribution in [0.15, 0.2) is 60.9 Å². The number of hydrogen-bond donors (Lipinski definition) is 3. The van der Waals surface area contributed by atoms with E-state index in [0.29, 0.717) is 28.7 Å². The van der Waals surface area contributed by atoms with E-state index in [1.165, 1.54) is 23.3 Å². The Morgan fingerprint density at radius 2 is 1.76 bits per heavy atom. The van der Waals surface area contributed by atoms with Crippen molar-refractivity contribution in [2.24, 2.45) is 0 Å². The van der Waals surface area contributed by atoms with Crippen LogP contribution in [-0.4, -0.2) is 45.3 Å². The molecule has 2 amide bonds. The Morgan fingerprint density at radius 3 is 2.51 bits per heavy atom. The highest BCUT2D eigenvalue weighted by molar-refractivity contribution is 6.02. The van der Waals surface area contributed by atoms with Gasteiger partial charge in [0.25, 0.3) is 0 Å². The molecule has 1 aliphatic rings. The van der Waals surface area contributed by atoms with Crippen molar-refractivity contribution in [3.63, 3.8) is 0 Å². The van der Waals surface area contributed by atoms with E-state index in [4.69, 9.17) is 9.84 Å². The lowest BCUT2D eigenvalue weighted by Gasteiger charge is -2.25. The van der Waals surface area contributed by atoms with Crippen LogP contribution in [0.1, 0.15) is 44.9 Å². The third-order valence-electron chi connectivity index (χ3n) is 6.78. The van der Waals surface area contributed by atoms with Gasteiger partial charge in [-0.25, -0.2) is 14.2 Å². The van der Waals surface area contributed by atoms with Crippen LogP contribution in [0.2, 0.25) is 0 Å². The summed E-state index contributed by atoms with van der Waals surface area (Å²) in [7, 11) is 2.12. The molecule has 41 heavy (non-hydrogen) atoms. The van der Waals surface area contributed by atoms with Gasteiger partial charge in [-0.3, -0.25) is 4.68 Å². The summed E-state index contributed by atoms with van der Waals surface area (Å²) in [5, 5.41) is 13.4. The minimum Gasteiger partial charge on any atom is -0.457 e. The number of anilines is 3. The Bertz CT molecular complexity index is 1550. The smallest absolute Gasteiger partial charge is 0.323 e. The summed E-state index contributed by atoms with van der Waals surface area (Å²) in [4.78, 5) is 19.5. The number of amides is 2. The summed E-state index contributed by atoms with van der Waals surface area (Å²) < 4.78 is 22.6. The number of nitrogens with zero attached hydrogens (tertiary/aromatic N) is 4. The monoisotopic (exact) mass is 557 g/mol. The molecule has 5 rings (SSSR count). The molecular weight excluding hydrogens is 521 g/mol. The quantitative estimate of drug-likeness (QED) is 0.218. The highest BCUT2D eigenvalue weighted by Crippen LogP contribution is 2.32. The summed E-state index contributed by atoms with van der Waals surface area (Å²) in [6, 6.07) is 13.8. The van der Waals surface area contributed by atoms with Gasteiger partial charge >= 0.3 is 6.03 Å². The van der Waals surface area contributed by atoms with Gasteiger partial charge in [0.15, 0.2) is 0 Å². The first-order valence-electron chi connectivity index (χ1n) is 13.8. The van der Waals surface area contributed by atoms with Gasteiger partial charge in [-0.2, -0.15) is 5.10 Å². The van der Waals surface area contributed by atoms with Gasteiger partial charge < -0.3 is 25.6 Å². The molecule has 0 radical (unpaired) electrons. The second-order valence-corrected chi connectivity index (χ2v) is 10.9. The highest BCUT2D eigenvalue weighted by atomic mass is 19.1. The average Bonchev–Trinajstić information content (AvgIpc) is 3.34. The summed E-state index contributed by atoms with van der Waals surface area (Å²) >= 11 is 0. The van der Waals surface area contributed by atoms with Crippen molar-refractivity contribution in [2.75, 3.05) is 29.5 Å². The molecule has 4 aromatic rings. The van der Waals surface area contributed by atoms with Crippen molar-refractivity contribution >= 4 is 23.2 Å². The molecule has 0 bridgehead atoms. The van der Waals surface area contributed by atoms with E-state index >= 15 is 0 Å². The largest absolute Gasteiger partial charge is 0.457 e. The number of carbonyl (C=O) groups is 1. The second kappa shape index (κ2) is 12.0. The van der Waals surface area contributed by atoms with Gasteiger partial charge in [-0.1, -0.05) is 12.1 Å². The number of fused-ring (bicyclic) bond motifs is 1. The van der Waals surface area contributed by atoms with Crippen LogP contribution >= 0.6 is 0 Å². The molecule has 0 fully saturated rings. The molecule has 2 aromatic carbocycles. The molecule has 0 saturated heterocycles. The average molecular weight is 558 g/mol. The number of rotatable bonds is 8. The van der Waals surface area contributed by atoms with Gasteiger partial charge in [0.2, 0.25) is 0 Å². The highest BCUT2D eigenvalue weighted by Gasteiger charge is 2.19. The summed E-state index contributed by atoms with van der Waals surface area (Å²) in [5.41, 5.74) is 4.77. The standard InChI is InChI=1S/C31H36FN7O2/c1-19(2)34-29-16-25(10-12-33-29)41-24-8-9-27(26(32)15-24)35-31(40)36-28-18-39(20(3)4)37-30(28)22-6-7-23-17-38(5)13-11-21(23)14-22/h6-10,12,14-16,18-20H,11,13,17H2,1-5H3,(H,33,34)(H2,35,36,40). The maximum atomic E-state index is 15.0. The third kappa shape index (κ3) is 6.83. The topological polar surface area (TPSA) is 96.3 Å². The molecule has 10 heteroatoms. The molecule has 0 aliphatic carbocycles. The number of benzene rings is 2. The maximum Gasteiger partial charge on any atom is 0.323 e. The first-order chi connectivity index (χ1) is 19.6. The van der Waals surface area contributed by atoms with Gasteiger partial charge in [-0.05, 0) is 76.6 Å². The van der Waals surface area contributed by atoms with E-state index < -0.39 is 11.8 Å². The number of carbonyl (C=O) groups excluding carboxylic acids is 1. The van der Waals surface area contributed by atoms with Crippen molar-refractivity contribution < 1.29 is 13.9 Å². The molecule has 3 heterocycles. The van der Waals surface area contributed by atoms with Gasteiger partial charge in [0, 0.05) is 55.3 Å². The molecule has 2 aromatic heterocycles. The van der Waals surface area contributed by atoms with Crippen LogP contribution in [-0.2, 0) is 13.0 Å². The number of halogens is 1. The zero-order chi connectivity index (χ0) is 29.1. The van der Waals surface area contributed by atoms with Gasteiger partial charge in [0.05, 0.1) is 11.4 Å². The lowest BCUT2D eigenvalue weighted by molar-refractivity contribution is 0.262. The van der Waals surface area contributed by atoms with Crippen LogP contribution < -0.4 is 20.7 Å². The minimum atomic E-state index is -0.620. The second-order valence-electron chi connectivity index (χ2n) is 10.9. The summed E-state index contributed by atoms with van der Waals surface area (Å²) in [6.07, 6.45) is 4.39. The van der Waals surface area contributed by atoms with Crippen molar-refractivity contribution in [1.82, 2.24) is 19.7 Å². The first kappa shape index (κ1) is 28.1. The minimum absolute atomic E-state index is 0.0300. The number of pyridine rings is 1. The number of aromatic nitrogens is 3. The molecular formula is C31H36FN7O2. The Labute approximate surface area is 239 Å². The van der Waals surface area contributed by atoms with E-state index in [0.717, 1.165) is 25.1 Å². The van der Waals surface area contributed by atoms with E-state index in [2.05, 4.69) is 45.0 Å². The van der Waals surface area contributed by atoms with E-state index in [1.807, 2.05) is 38.4 Å². The van der Waals surface area contributed by atoms with Gasteiger partial charge in [0.1, 0.15) is 28.8 Å². The number of likely N-dealkylation sites (N-methyl/N-ethyl adjacent to an activating group) is 1. The number of hydrogen-bond acceptors (Lipinski definition) is 6. The van der Waals surface area contributed by atoms with Crippen LogP contribution in [0.3, 0.4) is 0 Å². The normalized spacial score (nSPS) is 13.3. The van der Waals surface area contributed by atoms with Crippen LogP contribution in [0.25, 0.3) is 11.3 Å².